The second-order valence-electron chi connectivity index (χ2n) is 4.82. The van der Waals surface area contributed by atoms with Crippen LogP contribution >= 0.6 is 23.2 Å². The standard InChI is InChI=1S/C16H13Cl2N3/c1-10-6-7-11(8-14(10)17)9-19-16-13-5-3-2-4-12(13)15(18)20-21-16/h2-8H,9H2,1H3,(H,19,21). The second-order valence-corrected chi connectivity index (χ2v) is 5.59. The number of rotatable bonds is 3. The number of benzene rings is 2. The Morgan fingerprint density at radius 2 is 1.76 bits per heavy atom. The molecule has 3 rings (SSSR count). The van der Waals surface area contributed by atoms with Gasteiger partial charge in [-0.3, -0.25) is 0 Å². The summed E-state index contributed by atoms with van der Waals surface area (Å²) in [5.74, 6) is 0.715. The Balaban J connectivity index is 1.88. The summed E-state index contributed by atoms with van der Waals surface area (Å²) in [4.78, 5) is 0. The van der Waals surface area contributed by atoms with Gasteiger partial charge in [-0.25, -0.2) is 0 Å². The number of anilines is 1. The van der Waals surface area contributed by atoms with Crippen LogP contribution in [0.4, 0.5) is 5.82 Å². The predicted octanol–water partition coefficient (Wildman–Crippen LogP) is 4.86. The zero-order chi connectivity index (χ0) is 14.8. The average molecular weight is 318 g/mol. The highest BCUT2D eigenvalue weighted by Gasteiger charge is 2.07. The molecular formula is C16H13Cl2N3. The van der Waals surface area contributed by atoms with E-state index in [1.165, 1.54) is 0 Å². The number of nitrogens with zero attached hydrogens (tertiary/aromatic N) is 2. The maximum Gasteiger partial charge on any atom is 0.159 e. The Kier molecular flexibility index (Phi) is 3.95. The summed E-state index contributed by atoms with van der Waals surface area (Å²) in [5.41, 5.74) is 2.16. The van der Waals surface area contributed by atoms with Gasteiger partial charge in [0.1, 0.15) is 0 Å². The van der Waals surface area contributed by atoms with E-state index in [0.717, 1.165) is 26.9 Å². The van der Waals surface area contributed by atoms with Crippen LogP contribution in [0.2, 0.25) is 10.2 Å². The molecule has 0 saturated heterocycles. The van der Waals surface area contributed by atoms with Gasteiger partial charge < -0.3 is 5.32 Å². The number of hydrogen-bond acceptors (Lipinski definition) is 3. The second kappa shape index (κ2) is 5.88. The van der Waals surface area contributed by atoms with Gasteiger partial charge in [-0.15, -0.1) is 10.2 Å². The van der Waals surface area contributed by atoms with E-state index in [9.17, 15) is 0 Å². The number of nitrogens with one attached hydrogen (secondary N) is 1. The topological polar surface area (TPSA) is 37.8 Å². The normalized spacial score (nSPS) is 10.8. The molecule has 106 valence electrons. The fourth-order valence-electron chi connectivity index (χ4n) is 2.13. The first-order valence-electron chi connectivity index (χ1n) is 6.55. The van der Waals surface area contributed by atoms with Crippen molar-refractivity contribution in [3.05, 3.63) is 63.8 Å². The van der Waals surface area contributed by atoms with Crippen molar-refractivity contribution in [1.29, 1.82) is 0 Å². The monoisotopic (exact) mass is 317 g/mol. The Hall–Kier alpha value is -1.84. The maximum absolute atomic E-state index is 6.14. The lowest BCUT2D eigenvalue weighted by molar-refractivity contribution is 1.02. The first kappa shape index (κ1) is 14.1. The lowest BCUT2D eigenvalue weighted by Gasteiger charge is -2.09. The van der Waals surface area contributed by atoms with Gasteiger partial charge in [0.25, 0.3) is 0 Å². The summed E-state index contributed by atoms with van der Waals surface area (Å²) in [5, 5.41) is 14.4. The van der Waals surface area contributed by atoms with Gasteiger partial charge in [0.05, 0.1) is 0 Å². The number of fused-ring (bicyclic) bond motifs is 1. The van der Waals surface area contributed by atoms with Gasteiger partial charge in [0.15, 0.2) is 11.0 Å². The molecule has 0 spiro atoms. The minimum atomic E-state index is 0.412. The molecular weight excluding hydrogens is 305 g/mol. The summed E-state index contributed by atoms with van der Waals surface area (Å²) in [6.45, 7) is 2.61. The van der Waals surface area contributed by atoms with Crippen molar-refractivity contribution in [1.82, 2.24) is 10.2 Å². The van der Waals surface area contributed by atoms with Gasteiger partial charge in [-0.1, -0.05) is 59.6 Å². The van der Waals surface area contributed by atoms with Crippen LogP contribution in [0.15, 0.2) is 42.5 Å². The highest BCUT2D eigenvalue weighted by molar-refractivity contribution is 6.34. The first-order valence-corrected chi connectivity index (χ1v) is 7.30. The average Bonchev–Trinajstić information content (AvgIpc) is 2.50. The molecule has 1 aromatic heterocycles. The van der Waals surface area contributed by atoms with Crippen molar-refractivity contribution in [2.75, 3.05) is 5.32 Å². The van der Waals surface area contributed by atoms with Gasteiger partial charge in [-0.05, 0) is 24.1 Å². The molecule has 1 heterocycles. The summed E-state index contributed by atoms with van der Waals surface area (Å²) >= 11 is 12.2. The number of aryl methyl sites for hydroxylation is 1. The molecule has 0 atom stereocenters. The Labute approximate surface area is 132 Å². The molecule has 1 N–H and O–H groups in total. The zero-order valence-corrected chi connectivity index (χ0v) is 12.9. The first-order chi connectivity index (χ1) is 10.1. The van der Waals surface area contributed by atoms with E-state index in [0.29, 0.717) is 17.5 Å². The summed E-state index contributed by atoms with van der Waals surface area (Å²) in [7, 11) is 0. The third kappa shape index (κ3) is 2.94. The SMILES string of the molecule is Cc1ccc(CNc2nnc(Cl)c3ccccc23)cc1Cl. The highest BCUT2D eigenvalue weighted by Crippen LogP contribution is 2.26. The molecule has 0 fully saturated rings. The van der Waals surface area contributed by atoms with Crippen LogP contribution in [-0.2, 0) is 6.54 Å². The van der Waals surface area contributed by atoms with Crippen LogP contribution < -0.4 is 5.32 Å². The molecule has 2 aromatic carbocycles. The Morgan fingerprint density at radius 3 is 2.52 bits per heavy atom. The van der Waals surface area contributed by atoms with Crippen LogP contribution in [0.5, 0.6) is 0 Å². The molecule has 0 radical (unpaired) electrons. The van der Waals surface area contributed by atoms with Gasteiger partial charge >= 0.3 is 0 Å². The van der Waals surface area contributed by atoms with Crippen LogP contribution in [0.25, 0.3) is 10.8 Å². The highest BCUT2D eigenvalue weighted by atomic mass is 35.5. The maximum atomic E-state index is 6.14. The fourth-order valence-corrected chi connectivity index (χ4v) is 2.54. The van der Waals surface area contributed by atoms with Gasteiger partial charge in [-0.2, -0.15) is 0 Å². The van der Waals surface area contributed by atoms with Crippen molar-refractivity contribution in [2.45, 2.75) is 13.5 Å². The van der Waals surface area contributed by atoms with E-state index in [-0.39, 0.29) is 0 Å². The van der Waals surface area contributed by atoms with Crippen molar-refractivity contribution in [3.63, 3.8) is 0 Å². The van der Waals surface area contributed by atoms with E-state index >= 15 is 0 Å². The smallest absolute Gasteiger partial charge is 0.159 e. The molecule has 0 aliphatic rings. The molecule has 0 aliphatic heterocycles. The van der Waals surface area contributed by atoms with Crippen LogP contribution in [-0.4, -0.2) is 10.2 Å². The predicted molar refractivity (Wildman–Crippen MR) is 88.1 cm³/mol. The molecule has 0 unspecified atom stereocenters. The Morgan fingerprint density at radius 1 is 1.00 bits per heavy atom. The quantitative estimate of drug-likeness (QED) is 0.749. The largest absolute Gasteiger partial charge is 0.364 e. The lowest BCUT2D eigenvalue weighted by atomic mass is 10.1. The van der Waals surface area contributed by atoms with Crippen molar-refractivity contribution in [2.24, 2.45) is 0 Å². The van der Waals surface area contributed by atoms with E-state index in [1.54, 1.807) is 0 Å². The van der Waals surface area contributed by atoms with E-state index < -0.39 is 0 Å². The van der Waals surface area contributed by atoms with Gasteiger partial charge in [0, 0.05) is 22.3 Å². The van der Waals surface area contributed by atoms with Crippen LogP contribution in [0, 0.1) is 6.92 Å². The summed E-state index contributed by atoms with van der Waals surface area (Å²) < 4.78 is 0. The minimum absolute atomic E-state index is 0.412. The molecule has 0 saturated carbocycles. The number of hydrogen-bond donors (Lipinski definition) is 1. The van der Waals surface area contributed by atoms with E-state index in [4.69, 9.17) is 23.2 Å². The van der Waals surface area contributed by atoms with Gasteiger partial charge in [0.2, 0.25) is 0 Å². The molecule has 0 aliphatic carbocycles. The van der Waals surface area contributed by atoms with E-state index in [1.807, 2.05) is 49.4 Å². The van der Waals surface area contributed by atoms with E-state index in [2.05, 4.69) is 15.5 Å². The minimum Gasteiger partial charge on any atom is -0.364 e. The molecule has 3 nitrogen and oxygen atoms in total. The molecule has 0 amide bonds. The van der Waals surface area contributed by atoms with Crippen molar-refractivity contribution < 1.29 is 0 Å². The van der Waals surface area contributed by atoms with Crippen molar-refractivity contribution >= 4 is 39.8 Å². The lowest BCUT2D eigenvalue weighted by Crippen LogP contribution is -2.03. The Bertz CT molecular complexity index is 803. The molecule has 0 bridgehead atoms. The number of aromatic nitrogens is 2. The third-order valence-corrected chi connectivity index (χ3v) is 4.02. The molecule has 21 heavy (non-hydrogen) atoms. The summed E-state index contributed by atoms with van der Waals surface area (Å²) in [6, 6.07) is 13.8. The molecule has 5 heteroatoms. The fraction of sp³-hybridized carbons (Fsp3) is 0.125. The number of halogens is 2. The molecule has 3 aromatic rings. The van der Waals surface area contributed by atoms with Crippen LogP contribution in [0.1, 0.15) is 11.1 Å². The van der Waals surface area contributed by atoms with Crippen molar-refractivity contribution in [3.8, 4) is 0 Å². The van der Waals surface area contributed by atoms with Crippen LogP contribution in [0.3, 0.4) is 0 Å². The zero-order valence-electron chi connectivity index (χ0n) is 11.4. The third-order valence-electron chi connectivity index (χ3n) is 3.34. The summed E-state index contributed by atoms with van der Waals surface area (Å²) in [6.07, 6.45) is 0.